The van der Waals surface area contributed by atoms with E-state index in [1.54, 1.807) is 0 Å². The van der Waals surface area contributed by atoms with Crippen LogP contribution in [0.15, 0.2) is 48.5 Å². The van der Waals surface area contributed by atoms with Gasteiger partial charge in [-0.3, -0.25) is 0 Å². The van der Waals surface area contributed by atoms with Crippen molar-refractivity contribution in [1.82, 2.24) is 5.32 Å². The van der Waals surface area contributed by atoms with E-state index in [1.807, 2.05) is 62.4 Å². The van der Waals surface area contributed by atoms with Gasteiger partial charge in [-0.1, -0.05) is 29.8 Å². The first-order valence-corrected chi connectivity index (χ1v) is 7.85. The largest absolute Gasteiger partial charge is 0.491 e. The molecule has 3 nitrogen and oxygen atoms in total. The molecular formula is C17H19ClN2OS. The van der Waals surface area contributed by atoms with E-state index in [0.717, 1.165) is 17.0 Å². The number of nitrogens with one attached hydrogen (secondary N) is 2. The molecule has 22 heavy (non-hydrogen) atoms. The molecule has 5 heteroatoms. The fourth-order valence-corrected chi connectivity index (χ4v) is 2.34. The number of halogens is 1. The van der Waals surface area contributed by atoms with Crippen molar-refractivity contribution < 1.29 is 4.74 Å². The number of benzene rings is 2. The van der Waals surface area contributed by atoms with Crippen molar-refractivity contribution in [2.75, 3.05) is 11.9 Å². The summed E-state index contributed by atoms with van der Waals surface area (Å²) < 4.78 is 5.80. The van der Waals surface area contributed by atoms with Crippen LogP contribution in [0, 0.1) is 6.92 Å². The lowest BCUT2D eigenvalue weighted by Crippen LogP contribution is -2.39. The van der Waals surface area contributed by atoms with E-state index in [0.29, 0.717) is 16.7 Å². The van der Waals surface area contributed by atoms with Gasteiger partial charge in [-0.05, 0) is 62.0 Å². The summed E-state index contributed by atoms with van der Waals surface area (Å²) in [6.45, 7) is 4.58. The van der Waals surface area contributed by atoms with Gasteiger partial charge in [0.05, 0.1) is 6.04 Å². The summed E-state index contributed by atoms with van der Waals surface area (Å²) >= 11 is 11.1. The lowest BCUT2D eigenvalue weighted by molar-refractivity contribution is 0.285. The molecule has 1 atom stereocenters. The van der Waals surface area contributed by atoms with Crippen molar-refractivity contribution in [2.24, 2.45) is 0 Å². The van der Waals surface area contributed by atoms with Gasteiger partial charge in [-0.15, -0.1) is 0 Å². The first-order chi connectivity index (χ1) is 10.5. The van der Waals surface area contributed by atoms with Gasteiger partial charge < -0.3 is 15.4 Å². The Morgan fingerprint density at radius 1 is 1.18 bits per heavy atom. The number of para-hydroxylation sites is 1. The summed E-state index contributed by atoms with van der Waals surface area (Å²) in [5.41, 5.74) is 2.02. The highest BCUT2D eigenvalue weighted by atomic mass is 35.5. The topological polar surface area (TPSA) is 33.3 Å². The number of aryl methyl sites for hydroxylation is 1. The minimum Gasteiger partial charge on any atom is -0.491 e. The summed E-state index contributed by atoms with van der Waals surface area (Å²) in [5.74, 6) is 0.896. The molecule has 0 radical (unpaired) electrons. The Balaban J connectivity index is 1.79. The average molecular weight is 335 g/mol. The van der Waals surface area contributed by atoms with Gasteiger partial charge in [0, 0.05) is 10.7 Å². The van der Waals surface area contributed by atoms with Crippen LogP contribution in [0.1, 0.15) is 12.5 Å². The van der Waals surface area contributed by atoms with Crippen molar-refractivity contribution in [1.29, 1.82) is 0 Å². The van der Waals surface area contributed by atoms with Crippen molar-refractivity contribution in [3.05, 3.63) is 59.1 Å². The predicted molar refractivity (Wildman–Crippen MR) is 96.9 cm³/mol. The standard InChI is InChI=1S/C17H19ClN2OS/c1-12-5-3-4-6-16(12)21-11-13(2)19-17(22)20-15-9-7-14(18)8-10-15/h3-10,13H,11H2,1-2H3,(H2,19,20,22)/t13-/m0/s1. The van der Waals surface area contributed by atoms with E-state index in [4.69, 9.17) is 28.6 Å². The molecule has 0 saturated carbocycles. The molecule has 0 aromatic heterocycles. The van der Waals surface area contributed by atoms with E-state index < -0.39 is 0 Å². The lowest BCUT2D eigenvalue weighted by atomic mass is 10.2. The third-order valence-corrected chi connectivity index (χ3v) is 3.53. The Hall–Kier alpha value is -1.78. The van der Waals surface area contributed by atoms with Crippen LogP contribution in [-0.2, 0) is 0 Å². The Labute approximate surface area is 141 Å². The van der Waals surface area contributed by atoms with Crippen molar-refractivity contribution in [2.45, 2.75) is 19.9 Å². The van der Waals surface area contributed by atoms with Gasteiger partial charge in [0.1, 0.15) is 12.4 Å². The third-order valence-electron chi connectivity index (χ3n) is 3.06. The van der Waals surface area contributed by atoms with E-state index in [9.17, 15) is 0 Å². The third kappa shape index (κ3) is 5.20. The Morgan fingerprint density at radius 3 is 2.55 bits per heavy atom. The highest BCUT2D eigenvalue weighted by Crippen LogP contribution is 2.16. The molecule has 0 fully saturated rings. The molecule has 2 N–H and O–H groups in total. The molecule has 0 aliphatic rings. The number of ether oxygens (including phenoxy) is 1. The molecule has 0 saturated heterocycles. The Bertz CT molecular complexity index is 631. The number of thiocarbonyl (C=S) groups is 1. The van der Waals surface area contributed by atoms with Gasteiger partial charge in [-0.25, -0.2) is 0 Å². The second-order valence-electron chi connectivity index (χ2n) is 5.08. The maximum absolute atomic E-state index is 5.85. The molecule has 0 aliphatic carbocycles. The minimum atomic E-state index is 0.0897. The van der Waals surface area contributed by atoms with Crippen LogP contribution in [0.2, 0.25) is 5.02 Å². The van der Waals surface area contributed by atoms with Gasteiger partial charge >= 0.3 is 0 Å². The normalized spacial score (nSPS) is 11.6. The molecule has 0 unspecified atom stereocenters. The van der Waals surface area contributed by atoms with Crippen LogP contribution < -0.4 is 15.4 Å². The molecule has 116 valence electrons. The molecule has 0 amide bonds. The van der Waals surface area contributed by atoms with Crippen LogP contribution >= 0.6 is 23.8 Å². The van der Waals surface area contributed by atoms with Gasteiger partial charge in [-0.2, -0.15) is 0 Å². The average Bonchev–Trinajstić information content (AvgIpc) is 2.49. The fourth-order valence-electron chi connectivity index (χ4n) is 1.90. The first kappa shape index (κ1) is 16.6. The number of hydrogen-bond donors (Lipinski definition) is 2. The van der Waals surface area contributed by atoms with Crippen molar-refractivity contribution >= 4 is 34.6 Å². The van der Waals surface area contributed by atoms with Gasteiger partial charge in [0.25, 0.3) is 0 Å². The molecule has 0 bridgehead atoms. The molecule has 2 rings (SSSR count). The van der Waals surface area contributed by atoms with Crippen molar-refractivity contribution in [3.63, 3.8) is 0 Å². The maximum atomic E-state index is 5.85. The summed E-state index contributed by atoms with van der Waals surface area (Å²) in [6, 6.07) is 15.4. The predicted octanol–water partition coefficient (Wildman–Crippen LogP) is 4.40. The van der Waals surface area contributed by atoms with E-state index in [2.05, 4.69) is 10.6 Å². The van der Waals surface area contributed by atoms with Crippen LogP contribution in [0.4, 0.5) is 5.69 Å². The van der Waals surface area contributed by atoms with Crippen LogP contribution in [-0.4, -0.2) is 17.8 Å². The second-order valence-corrected chi connectivity index (χ2v) is 5.93. The zero-order chi connectivity index (χ0) is 15.9. The summed E-state index contributed by atoms with van der Waals surface area (Å²) in [7, 11) is 0. The fraction of sp³-hybridized carbons (Fsp3) is 0.235. The lowest BCUT2D eigenvalue weighted by Gasteiger charge is -2.18. The number of rotatable bonds is 5. The van der Waals surface area contributed by atoms with Crippen molar-refractivity contribution in [3.8, 4) is 5.75 Å². The van der Waals surface area contributed by atoms with Crippen LogP contribution in [0.25, 0.3) is 0 Å². The highest BCUT2D eigenvalue weighted by Gasteiger charge is 2.06. The van der Waals surface area contributed by atoms with Crippen LogP contribution in [0.5, 0.6) is 5.75 Å². The van der Waals surface area contributed by atoms with Gasteiger partial charge in [0.15, 0.2) is 5.11 Å². The zero-order valence-electron chi connectivity index (χ0n) is 12.6. The molecular weight excluding hydrogens is 316 g/mol. The highest BCUT2D eigenvalue weighted by molar-refractivity contribution is 7.80. The quantitative estimate of drug-likeness (QED) is 0.794. The summed E-state index contributed by atoms with van der Waals surface area (Å²) in [5, 5.41) is 7.57. The van der Waals surface area contributed by atoms with E-state index in [1.165, 1.54) is 0 Å². The molecule has 0 aliphatic heterocycles. The van der Waals surface area contributed by atoms with Crippen LogP contribution in [0.3, 0.4) is 0 Å². The SMILES string of the molecule is Cc1ccccc1OC[C@H](C)NC(=S)Nc1ccc(Cl)cc1. The monoisotopic (exact) mass is 334 g/mol. The Morgan fingerprint density at radius 2 is 1.86 bits per heavy atom. The van der Waals surface area contributed by atoms with E-state index in [-0.39, 0.29) is 6.04 Å². The molecule has 2 aromatic rings. The molecule has 0 spiro atoms. The number of hydrogen-bond acceptors (Lipinski definition) is 2. The summed E-state index contributed by atoms with van der Waals surface area (Å²) in [6.07, 6.45) is 0. The maximum Gasteiger partial charge on any atom is 0.171 e. The summed E-state index contributed by atoms with van der Waals surface area (Å²) in [4.78, 5) is 0. The smallest absolute Gasteiger partial charge is 0.171 e. The Kier molecular flexibility index (Phi) is 6.04. The molecule has 2 aromatic carbocycles. The van der Waals surface area contributed by atoms with Gasteiger partial charge in [0.2, 0.25) is 0 Å². The zero-order valence-corrected chi connectivity index (χ0v) is 14.2. The van der Waals surface area contributed by atoms with E-state index >= 15 is 0 Å². The number of anilines is 1. The first-order valence-electron chi connectivity index (χ1n) is 7.06. The minimum absolute atomic E-state index is 0.0897. The second kappa shape index (κ2) is 8.01. The molecule has 0 heterocycles.